The van der Waals surface area contributed by atoms with Gasteiger partial charge in [0.15, 0.2) is 5.60 Å². The zero-order valence-corrected chi connectivity index (χ0v) is 15.6. The Labute approximate surface area is 157 Å². The van der Waals surface area contributed by atoms with Gasteiger partial charge in [-0.3, -0.25) is 4.79 Å². The second-order valence-corrected chi connectivity index (χ2v) is 8.42. The van der Waals surface area contributed by atoms with Gasteiger partial charge in [0.25, 0.3) is 0 Å². The van der Waals surface area contributed by atoms with Crippen molar-refractivity contribution in [2.75, 3.05) is 12.5 Å². The highest BCUT2D eigenvalue weighted by molar-refractivity contribution is 6.18. The first kappa shape index (κ1) is 18.3. The molecule has 0 radical (unpaired) electrons. The number of esters is 1. The third-order valence-electron chi connectivity index (χ3n) is 6.99. The average molecular weight is 384 g/mol. The number of ether oxygens (including phenoxy) is 1. The molecule has 2 saturated heterocycles. The lowest BCUT2D eigenvalue weighted by Crippen LogP contribution is -2.82. The van der Waals surface area contributed by atoms with Gasteiger partial charge in [-0.1, -0.05) is 11.1 Å². The predicted octanol–water partition coefficient (Wildman–Crippen LogP) is 1.42. The topological polar surface area (TPSA) is 95.9 Å². The number of alkyl halides is 1. The van der Waals surface area contributed by atoms with Crippen molar-refractivity contribution >= 4 is 23.5 Å². The lowest BCUT2D eigenvalue weighted by molar-refractivity contribution is -0.252. The number of allylic oxidation sites excluding steroid dienone is 1. The monoisotopic (exact) mass is 383 g/mol. The summed E-state index contributed by atoms with van der Waals surface area (Å²) < 4.78 is 5.38. The van der Waals surface area contributed by atoms with Crippen LogP contribution in [0.15, 0.2) is 11.1 Å². The number of nitrogens with one attached hydrogen (secondary N) is 1. The van der Waals surface area contributed by atoms with Crippen molar-refractivity contribution < 1.29 is 24.5 Å². The van der Waals surface area contributed by atoms with E-state index in [-0.39, 0.29) is 24.1 Å². The van der Waals surface area contributed by atoms with Crippen LogP contribution in [0.1, 0.15) is 51.4 Å². The van der Waals surface area contributed by atoms with Crippen LogP contribution in [-0.2, 0) is 14.3 Å². The van der Waals surface area contributed by atoms with Gasteiger partial charge in [0.2, 0.25) is 11.4 Å². The third-order valence-corrected chi connectivity index (χ3v) is 7.21. The molecule has 0 aromatic carbocycles. The highest BCUT2D eigenvalue weighted by atomic mass is 35.5. The first-order chi connectivity index (χ1) is 12.5. The third kappa shape index (κ3) is 2.18. The molecule has 0 spiro atoms. The maximum atomic E-state index is 12.6. The summed E-state index contributed by atoms with van der Waals surface area (Å²) in [5.74, 6) is -1.72. The van der Waals surface area contributed by atoms with Gasteiger partial charge in [-0.2, -0.15) is 0 Å². The number of carbonyl (C=O) groups excluding carboxylic acids is 2. The fraction of sp³-hybridized carbons (Fsp3) is 0.789. The quantitative estimate of drug-likeness (QED) is 0.379. The number of aliphatic hydroxyl groups is 2. The minimum atomic E-state index is -1.56. The maximum Gasteiger partial charge on any atom is 0.339 e. The molecule has 4 aliphatic rings. The lowest BCUT2D eigenvalue weighted by Gasteiger charge is -2.56. The molecule has 2 aliphatic carbocycles. The van der Waals surface area contributed by atoms with Crippen LogP contribution in [0.3, 0.4) is 0 Å². The van der Waals surface area contributed by atoms with Gasteiger partial charge >= 0.3 is 5.97 Å². The predicted molar refractivity (Wildman–Crippen MR) is 94.5 cm³/mol. The normalized spacial score (nSPS) is 40.3. The Kier molecular flexibility index (Phi) is 4.56. The lowest BCUT2D eigenvalue weighted by atomic mass is 9.61. The van der Waals surface area contributed by atoms with E-state index in [2.05, 4.69) is 5.32 Å². The van der Waals surface area contributed by atoms with Crippen molar-refractivity contribution in [2.24, 2.45) is 11.8 Å². The van der Waals surface area contributed by atoms with Crippen molar-refractivity contribution in [2.45, 2.75) is 68.6 Å². The molecular formula is C19H26ClNO5. The molecular weight excluding hydrogens is 358 g/mol. The molecule has 2 fully saturated rings. The van der Waals surface area contributed by atoms with Crippen molar-refractivity contribution in [1.82, 2.24) is 5.32 Å². The Hall–Kier alpha value is -1.11. The van der Waals surface area contributed by atoms with E-state index in [1.807, 2.05) is 0 Å². The van der Waals surface area contributed by atoms with E-state index >= 15 is 0 Å². The maximum absolute atomic E-state index is 12.6. The SMILES string of the molecule is O=C1N[C@@]2([C@@H](O)[C@H]3CCCC4=C3CCCC4)C(=O)O[C@@]2(CO)[C@H]1CCCl. The first-order valence-corrected chi connectivity index (χ1v) is 10.2. The average Bonchev–Trinajstić information content (AvgIpc) is 2.86. The number of rotatable bonds is 5. The second kappa shape index (κ2) is 6.50. The molecule has 3 N–H and O–H groups in total. The number of carbonyl (C=O) groups is 2. The van der Waals surface area contributed by atoms with Crippen molar-refractivity contribution in [3.05, 3.63) is 11.1 Å². The summed E-state index contributed by atoms with van der Waals surface area (Å²) in [4.78, 5) is 25.2. The number of halogens is 1. The Balaban J connectivity index is 1.73. The van der Waals surface area contributed by atoms with Crippen molar-refractivity contribution in [3.63, 3.8) is 0 Å². The molecule has 0 aromatic rings. The van der Waals surface area contributed by atoms with Crippen LogP contribution in [-0.4, -0.2) is 51.8 Å². The molecule has 7 heteroatoms. The van der Waals surface area contributed by atoms with Crippen LogP contribution in [0.2, 0.25) is 0 Å². The van der Waals surface area contributed by atoms with E-state index in [0.717, 1.165) is 38.5 Å². The van der Waals surface area contributed by atoms with Crippen LogP contribution in [0.5, 0.6) is 0 Å². The van der Waals surface area contributed by atoms with Crippen LogP contribution < -0.4 is 5.32 Å². The molecule has 5 atom stereocenters. The summed E-state index contributed by atoms with van der Waals surface area (Å²) >= 11 is 5.83. The molecule has 0 saturated carbocycles. The summed E-state index contributed by atoms with van der Waals surface area (Å²) in [5.41, 5.74) is -0.312. The summed E-state index contributed by atoms with van der Waals surface area (Å²) in [7, 11) is 0. The second-order valence-electron chi connectivity index (χ2n) is 8.04. The van der Waals surface area contributed by atoms with Gasteiger partial charge in [-0.05, 0) is 51.4 Å². The molecule has 1 amide bonds. The first-order valence-electron chi connectivity index (χ1n) is 9.63. The summed E-state index contributed by atoms with van der Waals surface area (Å²) in [6.07, 6.45) is 6.26. The van der Waals surface area contributed by atoms with Gasteiger partial charge in [-0.25, -0.2) is 4.79 Å². The van der Waals surface area contributed by atoms with E-state index in [4.69, 9.17) is 16.3 Å². The molecule has 2 aliphatic heterocycles. The summed E-state index contributed by atoms with van der Waals surface area (Å²) in [5, 5.41) is 24.2. The summed E-state index contributed by atoms with van der Waals surface area (Å²) in [6.45, 7) is -0.505. The van der Waals surface area contributed by atoms with Crippen molar-refractivity contribution in [1.29, 1.82) is 0 Å². The van der Waals surface area contributed by atoms with Crippen LogP contribution in [0.4, 0.5) is 0 Å². The zero-order chi connectivity index (χ0) is 18.5. The van der Waals surface area contributed by atoms with E-state index in [9.17, 15) is 19.8 Å². The minimum absolute atomic E-state index is 0.173. The zero-order valence-electron chi connectivity index (χ0n) is 14.8. The van der Waals surface area contributed by atoms with Gasteiger partial charge in [0.05, 0.1) is 18.6 Å². The Morgan fingerprint density at radius 1 is 1.23 bits per heavy atom. The standard InChI is InChI=1S/C19H26ClNO5/c20-9-8-14-16(24)21-19(17(25)26-18(14,19)10-22)15(23)13-7-3-5-11-4-1-2-6-12(11)13/h13-15,22-23H,1-10H2,(H,21,24)/t13-,14-,15-,18-,19-/m0/s1. The molecule has 26 heavy (non-hydrogen) atoms. The molecule has 0 bridgehead atoms. The smallest absolute Gasteiger partial charge is 0.339 e. The van der Waals surface area contributed by atoms with Crippen molar-refractivity contribution in [3.8, 4) is 0 Å². The fourth-order valence-corrected chi connectivity index (χ4v) is 5.94. The fourth-order valence-electron chi connectivity index (χ4n) is 5.72. The number of hydrogen-bond donors (Lipinski definition) is 3. The Morgan fingerprint density at radius 2 is 1.96 bits per heavy atom. The van der Waals surface area contributed by atoms with Crippen LogP contribution in [0.25, 0.3) is 0 Å². The molecule has 144 valence electrons. The highest BCUT2D eigenvalue weighted by Crippen LogP contribution is 2.55. The van der Waals surface area contributed by atoms with E-state index < -0.39 is 35.7 Å². The highest BCUT2D eigenvalue weighted by Gasteiger charge is 2.81. The molecule has 2 heterocycles. The Bertz CT molecular complexity index is 660. The number of aliphatic hydroxyl groups excluding tert-OH is 2. The van der Waals surface area contributed by atoms with Gasteiger partial charge in [0, 0.05) is 11.8 Å². The molecule has 0 aromatic heterocycles. The van der Waals surface area contributed by atoms with Gasteiger partial charge in [0.1, 0.15) is 0 Å². The molecule has 0 unspecified atom stereocenters. The molecule has 6 nitrogen and oxygen atoms in total. The van der Waals surface area contributed by atoms with Gasteiger partial charge < -0.3 is 20.3 Å². The van der Waals surface area contributed by atoms with E-state index in [0.29, 0.717) is 0 Å². The van der Waals surface area contributed by atoms with Gasteiger partial charge in [-0.15, -0.1) is 11.6 Å². The number of amides is 1. The minimum Gasteiger partial charge on any atom is -0.451 e. The number of fused-ring (bicyclic) bond motifs is 1. The van der Waals surface area contributed by atoms with Crippen LogP contribution >= 0.6 is 11.6 Å². The number of hydrogen-bond acceptors (Lipinski definition) is 5. The van der Waals surface area contributed by atoms with Crippen LogP contribution in [0, 0.1) is 11.8 Å². The molecule has 4 rings (SSSR count). The van der Waals surface area contributed by atoms with E-state index in [1.165, 1.54) is 17.6 Å². The Morgan fingerprint density at radius 3 is 2.65 bits per heavy atom. The largest absolute Gasteiger partial charge is 0.451 e. The van der Waals surface area contributed by atoms with E-state index in [1.54, 1.807) is 0 Å². The summed E-state index contributed by atoms with van der Waals surface area (Å²) in [6, 6.07) is 0.